The molecule has 3 nitrogen and oxygen atoms in total. The van der Waals surface area contributed by atoms with Gasteiger partial charge in [0.2, 0.25) is 0 Å². The maximum Gasteiger partial charge on any atom is 0.333 e. The van der Waals surface area contributed by atoms with Crippen LogP contribution < -0.4 is 0 Å². The molecule has 1 aliphatic heterocycles. The molecule has 0 amide bonds. The second kappa shape index (κ2) is 4.13. The van der Waals surface area contributed by atoms with E-state index in [1.807, 2.05) is 0 Å². The molecule has 1 fully saturated rings. The van der Waals surface area contributed by atoms with Crippen LogP contribution in [0.5, 0.6) is 0 Å². The van der Waals surface area contributed by atoms with Gasteiger partial charge in [-0.1, -0.05) is 6.58 Å². The Bertz CT molecular complexity index is 236. The van der Waals surface area contributed by atoms with E-state index in [9.17, 15) is 4.79 Å². The van der Waals surface area contributed by atoms with Crippen molar-refractivity contribution in [3.63, 3.8) is 0 Å². The van der Waals surface area contributed by atoms with Crippen LogP contribution in [-0.2, 0) is 9.53 Å². The molecule has 0 N–H and O–H groups in total. The summed E-state index contributed by atoms with van der Waals surface area (Å²) in [6.07, 6.45) is 2.03. The lowest BCUT2D eigenvalue weighted by Gasteiger charge is -2.36. The number of hydrogen-bond acceptors (Lipinski definition) is 2. The Labute approximate surface area is 85.9 Å². The van der Waals surface area contributed by atoms with Crippen LogP contribution in [0.2, 0.25) is 0 Å². The summed E-state index contributed by atoms with van der Waals surface area (Å²) in [6.45, 7) is 7.41. The van der Waals surface area contributed by atoms with Crippen LogP contribution in [0.4, 0.5) is 0 Å². The fourth-order valence-corrected chi connectivity index (χ4v) is 1.61. The zero-order valence-electron chi connectivity index (χ0n) is 9.38. The predicted molar refractivity (Wildman–Crippen MR) is 55.8 cm³/mol. The van der Waals surface area contributed by atoms with Crippen LogP contribution in [0.25, 0.3) is 0 Å². The molecule has 1 heterocycles. The molecule has 0 bridgehead atoms. The van der Waals surface area contributed by atoms with Gasteiger partial charge in [-0.15, -0.1) is 0 Å². The van der Waals surface area contributed by atoms with Gasteiger partial charge in [0, 0.05) is 18.4 Å². The standard InChI is InChI=1S/C11H20NO2/c1-9(2)11(13)14-10-5-7-12(3,4)8-6-10/h10H,1,5-8H2,2-4H3/q+1. The average Bonchev–Trinajstić information content (AvgIpc) is 2.08. The van der Waals surface area contributed by atoms with Crippen molar-refractivity contribution >= 4 is 5.97 Å². The van der Waals surface area contributed by atoms with Crippen molar-refractivity contribution in [2.75, 3.05) is 27.2 Å². The summed E-state index contributed by atoms with van der Waals surface area (Å²) in [6, 6.07) is 0. The lowest BCUT2D eigenvalue weighted by Crippen LogP contribution is -2.48. The fraction of sp³-hybridized carbons (Fsp3) is 0.727. The largest absolute Gasteiger partial charge is 0.459 e. The van der Waals surface area contributed by atoms with Gasteiger partial charge in [-0.25, -0.2) is 4.79 Å². The first-order valence-corrected chi connectivity index (χ1v) is 5.09. The maximum absolute atomic E-state index is 11.2. The van der Waals surface area contributed by atoms with Crippen LogP contribution in [0.3, 0.4) is 0 Å². The van der Waals surface area contributed by atoms with E-state index in [0.29, 0.717) is 5.57 Å². The van der Waals surface area contributed by atoms with Gasteiger partial charge in [-0.05, 0) is 6.92 Å². The molecule has 0 aromatic carbocycles. The normalized spacial score (nSPS) is 21.6. The molecule has 0 saturated carbocycles. The van der Waals surface area contributed by atoms with Gasteiger partial charge < -0.3 is 9.22 Å². The summed E-state index contributed by atoms with van der Waals surface area (Å²) in [5.74, 6) is -0.248. The lowest BCUT2D eigenvalue weighted by atomic mass is 10.1. The van der Waals surface area contributed by atoms with Gasteiger partial charge in [0.05, 0.1) is 27.2 Å². The van der Waals surface area contributed by atoms with Crippen molar-refractivity contribution < 1.29 is 14.0 Å². The SMILES string of the molecule is C=C(C)C(=O)OC1CC[N+](C)(C)CC1. The molecule has 0 unspecified atom stereocenters. The van der Waals surface area contributed by atoms with Crippen molar-refractivity contribution in [2.24, 2.45) is 0 Å². The molecule has 1 saturated heterocycles. The zero-order chi connectivity index (χ0) is 10.8. The van der Waals surface area contributed by atoms with E-state index < -0.39 is 0 Å². The molecule has 14 heavy (non-hydrogen) atoms. The third-order valence-corrected chi connectivity index (χ3v) is 2.73. The first-order valence-electron chi connectivity index (χ1n) is 5.09. The molecular formula is C11H20NO2+. The Morgan fingerprint density at radius 1 is 1.36 bits per heavy atom. The van der Waals surface area contributed by atoms with E-state index in [1.54, 1.807) is 6.92 Å². The molecule has 0 aliphatic carbocycles. The van der Waals surface area contributed by atoms with Crippen molar-refractivity contribution in [1.29, 1.82) is 0 Å². The highest BCUT2D eigenvalue weighted by molar-refractivity contribution is 5.87. The number of ether oxygens (including phenoxy) is 1. The van der Waals surface area contributed by atoms with E-state index >= 15 is 0 Å². The molecule has 0 aromatic heterocycles. The van der Waals surface area contributed by atoms with Crippen LogP contribution >= 0.6 is 0 Å². The highest BCUT2D eigenvalue weighted by atomic mass is 16.5. The number of rotatable bonds is 2. The second-order valence-corrected chi connectivity index (χ2v) is 4.77. The summed E-state index contributed by atoms with van der Waals surface area (Å²) >= 11 is 0. The number of quaternary nitrogens is 1. The third-order valence-electron chi connectivity index (χ3n) is 2.73. The van der Waals surface area contributed by atoms with Crippen molar-refractivity contribution in [2.45, 2.75) is 25.9 Å². The molecule has 0 aromatic rings. The quantitative estimate of drug-likeness (QED) is 0.380. The number of carbonyl (C=O) groups is 1. The molecule has 1 aliphatic rings. The average molecular weight is 198 g/mol. The topological polar surface area (TPSA) is 26.3 Å². The Kier molecular flexibility index (Phi) is 3.32. The van der Waals surface area contributed by atoms with Crippen LogP contribution in [0.1, 0.15) is 19.8 Å². The van der Waals surface area contributed by atoms with E-state index in [1.165, 1.54) is 0 Å². The predicted octanol–water partition coefficient (Wildman–Crippen LogP) is 1.34. The first kappa shape index (κ1) is 11.2. The third kappa shape index (κ3) is 3.14. The second-order valence-electron chi connectivity index (χ2n) is 4.77. The van der Waals surface area contributed by atoms with Gasteiger partial charge in [0.15, 0.2) is 0 Å². The van der Waals surface area contributed by atoms with Crippen molar-refractivity contribution in [1.82, 2.24) is 0 Å². The van der Waals surface area contributed by atoms with Crippen molar-refractivity contribution in [3.05, 3.63) is 12.2 Å². The molecule has 3 heteroatoms. The molecule has 0 spiro atoms. The summed E-state index contributed by atoms with van der Waals surface area (Å²) in [5.41, 5.74) is 0.490. The number of hydrogen-bond donors (Lipinski definition) is 0. The van der Waals surface area contributed by atoms with E-state index in [0.717, 1.165) is 30.4 Å². The minimum atomic E-state index is -0.248. The number of carbonyl (C=O) groups excluding carboxylic acids is 1. The van der Waals surface area contributed by atoms with Crippen molar-refractivity contribution in [3.8, 4) is 0 Å². The van der Waals surface area contributed by atoms with Gasteiger partial charge in [-0.2, -0.15) is 0 Å². The first-order chi connectivity index (χ1) is 6.41. The Morgan fingerprint density at radius 2 is 1.86 bits per heavy atom. The van der Waals surface area contributed by atoms with Crippen LogP contribution in [0, 0.1) is 0 Å². The minimum Gasteiger partial charge on any atom is -0.459 e. The fourth-order valence-electron chi connectivity index (χ4n) is 1.61. The molecule has 1 rings (SSSR count). The maximum atomic E-state index is 11.2. The lowest BCUT2D eigenvalue weighted by molar-refractivity contribution is -0.896. The van der Waals surface area contributed by atoms with Crippen LogP contribution in [0.15, 0.2) is 12.2 Å². The highest BCUT2D eigenvalue weighted by Crippen LogP contribution is 2.17. The number of nitrogens with zero attached hydrogens (tertiary/aromatic N) is 1. The molecular weight excluding hydrogens is 178 g/mol. The van der Waals surface area contributed by atoms with Gasteiger partial charge in [-0.3, -0.25) is 0 Å². The summed E-state index contributed by atoms with van der Waals surface area (Å²) in [5, 5.41) is 0. The van der Waals surface area contributed by atoms with Gasteiger partial charge >= 0.3 is 5.97 Å². The minimum absolute atomic E-state index is 0.102. The number of esters is 1. The van der Waals surface area contributed by atoms with E-state index in [4.69, 9.17) is 4.74 Å². The zero-order valence-corrected chi connectivity index (χ0v) is 9.38. The van der Waals surface area contributed by atoms with Gasteiger partial charge in [0.1, 0.15) is 6.10 Å². The number of piperidine rings is 1. The molecule has 0 radical (unpaired) electrons. The summed E-state index contributed by atoms with van der Waals surface area (Å²) in [7, 11) is 4.41. The molecule has 80 valence electrons. The Hall–Kier alpha value is -0.830. The van der Waals surface area contributed by atoms with Gasteiger partial charge in [0.25, 0.3) is 0 Å². The summed E-state index contributed by atoms with van der Waals surface area (Å²) in [4.78, 5) is 11.2. The molecule has 0 atom stereocenters. The van der Waals surface area contributed by atoms with Crippen LogP contribution in [-0.4, -0.2) is 43.7 Å². The van der Waals surface area contributed by atoms with E-state index in [2.05, 4.69) is 20.7 Å². The highest BCUT2D eigenvalue weighted by Gasteiger charge is 2.28. The Morgan fingerprint density at radius 3 is 2.29 bits per heavy atom. The smallest absolute Gasteiger partial charge is 0.333 e. The Balaban J connectivity index is 2.36. The number of likely N-dealkylation sites (tertiary alicyclic amines) is 1. The van der Waals surface area contributed by atoms with E-state index in [-0.39, 0.29) is 12.1 Å². The monoisotopic (exact) mass is 198 g/mol. The summed E-state index contributed by atoms with van der Waals surface area (Å²) < 4.78 is 6.33.